The van der Waals surface area contributed by atoms with Crippen LogP contribution >= 0.6 is 11.8 Å². The van der Waals surface area contributed by atoms with Gasteiger partial charge in [-0.2, -0.15) is 0 Å². The molecule has 0 fully saturated rings. The molecule has 6 heteroatoms. The predicted octanol–water partition coefficient (Wildman–Crippen LogP) is 4.29. The number of rotatable bonds is 5. The van der Waals surface area contributed by atoms with Gasteiger partial charge in [-0.3, -0.25) is 0 Å². The summed E-state index contributed by atoms with van der Waals surface area (Å²) >= 11 is 1.61. The van der Waals surface area contributed by atoms with E-state index in [1.54, 1.807) is 17.8 Å². The van der Waals surface area contributed by atoms with Crippen LogP contribution in [0.25, 0.3) is 11.0 Å². The first-order chi connectivity index (χ1) is 11.1. The lowest BCUT2D eigenvalue weighted by Gasteiger charge is -2.09. The van der Waals surface area contributed by atoms with E-state index in [0.717, 1.165) is 28.5 Å². The number of fused-ring (bicyclic) bond motifs is 1. The van der Waals surface area contributed by atoms with Gasteiger partial charge in [-0.1, -0.05) is 23.9 Å². The molecule has 23 heavy (non-hydrogen) atoms. The third kappa shape index (κ3) is 2.99. The van der Waals surface area contributed by atoms with Crippen molar-refractivity contribution in [3.63, 3.8) is 0 Å². The Hall–Kier alpha value is -2.21. The Morgan fingerprint density at radius 2 is 2.13 bits per heavy atom. The highest BCUT2D eigenvalue weighted by Gasteiger charge is 2.19. The van der Waals surface area contributed by atoms with Gasteiger partial charge in [-0.15, -0.1) is 0 Å². The summed E-state index contributed by atoms with van der Waals surface area (Å²) in [5.41, 5.74) is 2.11. The van der Waals surface area contributed by atoms with Crippen LogP contribution < -0.4 is 0 Å². The first-order valence-electron chi connectivity index (χ1n) is 7.44. The van der Waals surface area contributed by atoms with Crippen molar-refractivity contribution >= 4 is 28.8 Å². The molecule has 1 unspecified atom stereocenters. The van der Waals surface area contributed by atoms with Gasteiger partial charge in [-0.25, -0.2) is 9.78 Å². The second-order valence-electron chi connectivity index (χ2n) is 5.08. The molecule has 0 radical (unpaired) electrons. The van der Waals surface area contributed by atoms with Crippen molar-refractivity contribution < 1.29 is 13.9 Å². The fourth-order valence-electron chi connectivity index (χ4n) is 2.45. The van der Waals surface area contributed by atoms with Gasteiger partial charge in [0, 0.05) is 6.54 Å². The average molecular weight is 330 g/mol. The number of imidazole rings is 1. The van der Waals surface area contributed by atoms with Gasteiger partial charge in [0.15, 0.2) is 5.16 Å². The highest BCUT2D eigenvalue weighted by Crippen LogP contribution is 2.36. The van der Waals surface area contributed by atoms with E-state index in [9.17, 15) is 4.79 Å². The van der Waals surface area contributed by atoms with E-state index in [1.165, 1.54) is 7.11 Å². The summed E-state index contributed by atoms with van der Waals surface area (Å²) in [4.78, 5) is 16.2. The lowest BCUT2D eigenvalue weighted by molar-refractivity contribution is 0.0563. The molecular weight excluding hydrogens is 312 g/mol. The maximum Gasteiger partial charge on any atom is 0.373 e. The highest BCUT2D eigenvalue weighted by atomic mass is 32.2. The quantitative estimate of drug-likeness (QED) is 0.516. The number of hydrogen-bond acceptors (Lipinski definition) is 5. The molecular formula is C17H18N2O3S. The van der Waals surface area contributed by atoms with E-state index in [1.807, 2.05) is 31.2 Å². The molecule has 0 aliphatic rings. The van der Waals surface area contributed by atoms with Crippen LogP contribution in [0, 0.1) is 0 Å². The van der Waals surface area contributed by atoms with Crippen LogP contribution in [0.15, 0.2) is 46.0 Å². The largest absolute Gasteiger partial charge is 0.463 e. The zero-order valence-corrected chi connectivity index (χ0v) is 14.1. The normalized spacial score (nSPS) is 12.5. The van der Waals surface area contributed by atoms with E-state index < -0.39 is 5.97 Å². The lowest BCUT2D eigenvalue weighted by Crippen LogP contribution is -1.99. The summed E-state index contributed by atoms with van der Waals surface area (Å²) in [7, 11) is 1.34. The number of methoxy groups -OCH3 is 1. The number of aryl methyl sites for hydroxylation is 1. The SMILES string of the molecule is CCn1c(SC(C)c2ccc(C(=O)OC)o2)nc2ccccc21. The summed E-state index contributed by atoms with van der Waals surface area (Å²) in [5, 5.41) is 0.979. The number of carbonyl (C=O) groups excluding carboxylic acids is 1. The Bertz CT molecular complexity index is 837. The topological polar surface area (TPSA) is 57.3 Å². The fourth-order valence-corrected chi connectivity index (χ4v) is 3.51. The number of nitrogens with zero attached hydrogens (tertiary/aromatic N) is 2. The number of benzene rings is 1. The van der Waals surface area contributed by atoms with Gasteiger partial charge < -0.3 is 13.7 Å². The van der Waals surface area contributed by atoms with Crippen LogP contribution in [0.2, 0.25) is 0 Å². The van der Waals surface area contributed by atoms with Gasteiger partial charge in [0.1, 0.15) is 5.76 Å². The first-order valence-corrected chi connectivity index (χ1v) is 8.32. The van der Waals surface area contributed by atoms with Crippen molar-refractivity contribution in [2.45, 2.75) is 30.8 Å². The molecule has 0 N–H and O–H groups in total. The van der Waals surface area contributed by atoms with Crippen LogP contribution in [0.5, 0.6) is 0 Å². The third-order valence-corrected chi connectivity index (χ3v) is 4.74. The minimum absolute atomic E-state index is 0.0375. The molecule has 1 aromatic carbocycles. The molecule has 0 aliphatic heterocycles. The summed E-state index contributed by atoms with van der Waals surface area (Å²) in [5.74, 6) is 0.485. The number of para-hydroxylation sites is 2. The van der Waals surface area contributed by atoms with E-state index in [2.05, 4.69) is 22.3 Å². The van der Waals surface area contributed by atoms with E-state index in [4.69, 9.17) is 9.40 Å². The average Bonchev–Trinajstić information content (AvgIpc) is 3.18. The summed E-state index contributed by atoms with van der Waals surface area (Å²) in [6.07, 6.45) is 0. The summed E-state index contributed by atoms with van der Waals surface area (Å²) < 4.78 is 12.4. The fraction of sp³-hybridized carbons (Fsp3) is 0.294. The summed E-state index contributed by atoms with van der Waals surface area (Å²) in [6.45, 7) is 4.98. The Morgan fingerprint density at radius 3 is 2.87 bits per heavy atom. The molecule has 0 saturated heterocycles. The predicted molar refractivity (Wildman–Crippen MR) is 89.7 cm³/mol. The van der Waals surface area contributed by atoms with E-state index in [-0.39, 0.29) is 11.0 Å². The van der Waals surface area contributed by atoms with Crippen LogP contribution in [0.4, 0.5) is 0 Å². The van der Waals surface area contributed by atoms with Crippen molar-refractivity contribution in [2.75, 3.05) is 7.11 Å². The van der Waals surface area contributed by atoms with Crippen LogP contribution in [0.3, 0.4) is 0 Å². The molecule has 5 nitrogen and oxygen atoms in total. The second kappa shape index (κ2) is 6.50. The molecule has 0 saturated carbocycles. The zero-order valence-electron chi connectivity index (χ0n) is 13.3. The van der Waals surface area contributed by atoms with E-state index in [0.29, 0.717) is 0 Å². The van der Waals surface area contributed by atoms with Gasteiger partial charge in [0.25, 0.3) is 0 Å². The highest BCUT2D eigenvalue weighted by molar-refractivity contribution is 7.99. The first kappa shape index (κ1) is 15.7. The van der Waals surface area contributed by atoms with Crippen molar-refractivity contribution in [1.29, 1.82) is 0 Å². The van der Waals surface area contributed by atoms with Crippen LogP contribution in [-0.2, 0) is 11.3 Å². The van der Waals surface area contributed by atoms with Gasteiger partial charge in [0.05, 0.1) is 23.4 Å². The minimum Gasteiger partial charge on any atom is -0.463 e. The smallest absolute Gasteiger partial charge is 0.373 e. The van der Waals surface area contributed by atoms with E-state index >= 15 is 0 Å². The molecule has 2 heterocycles. The number of thioether (sulfide) groups is 1. The summed E-state index contributed by atoms with van der Waals surface area (Å²) in [6, 6.07) is 11.5. The Kier molecular flexibility index (Phi) is 4.43. The van der Waals surface area contributed by atoms with Gasteiger partial charge in [0.2, 0.25) is 5.76 Å². The van der Waals surface area contributed by atoms with Crippen molar-refractivity contribution in [2.24, 2.45) is 0 Å². The monoisotopic (exact) mass is 330 g/mol. The number of furan rings is 1. The van der Waals surface area contributed by atoms with Crippen LogP contribution in [-0.4, -0.2) is 22.6 Å². The van der Waals surface area contributed by atoms with Gasteiger partial charge in [-0.05, 0) is 38.1 Å². The zero-order chi connectivity index (χ0) is 16.4. The third-order valence-electron chi connectivity index (χ3n) is 3.63. The van der Waals surface area contributed by atoms with Crippen molar-refractivity contribution in [3.05, 3.63) is 47.9 Å². The maximum atomic E-state index is 11.5. The maximum absolute atomic E-state index is 11.5. The number of carbonyl (C=O) groups is 1. The molecule has 0 spiro atoms. The Morgan fingerprint density at radius 1 is 1.35 bits per heavy atom. The molecule has 120 valence electrons. The lowest BCUT2D eigenvalue weighted by atomic mass is 10.3. The number of aromatic nitrogens is 2. The molecule has 0 aliphatic carbocycles. The standard InChI is InChI=1S/C17H18N2O3S/c1-4-19-13-8-6-5-7-12(13)18-17(19)23-11(2)14-9-10-15(22-14)16(20)21-3/h5-11H,4H2,1-3H3. The molecule has 3 aromatic rings. The number of esters is 1. The molecule has 0 amide bonds. The van der Waals surface area contributed by atoms with Gasteiger partial charge >= 0.3 is 5.97 Å². The minimum atomic E-state index is -0.464. The molecule has 2 aromatic heterocycles. The second-order valence-corrected chi connectivity index (χ2v) is 6.39. The van der Waals surface area contributed by atoms with Crippen LogP contribution in [0.1, 0.15) is 35.4 Å². The Balaban J connectivity index is 1.86. The molecule has 3 rings (SSSR count). The molecule has 0 bridgehead atoms. The number of hydrogen-bond donors (Lipinski definition) is 0. The van der Waals surface area contributed by atoms with Crippen molar-refractivity contribution in [1.82, 2.24) is 9.55 Å². The Labute approximate surface area is 138 Å². The van der Waals surface area contributed by atoms with Crippen molar-refractivity contribution in [3.8, 4) is 0 Å². The molecule has 1 atom stereocenters. The number of ether oxygens (including phenoxy) is 1.